The van der Waals surface area contributed by atoms with Gasteiger partial charge in [-0.1, -0.05) is 12.1 Å². The summed E-state index contributed by atoms with van der Waals surface area (Å²) in [5, 5.41) is 18.5. The largest absolute Gasteiger partial charge is 0.507 e. The van der Waals surface area contributed by atoms with E-state index in [4.69, 9.17) is 5.11 Å². The number of phenolic OH excluding ortho intramolecular Hbond substituents is 1. The summed E-state index contributed by atoms with van der Waals surface area (Å²) in [6, 6.07) is 5.32. The number of carbonyl (C=O) groups is 2. The first-order valence-electron chi connectivity index (χ1n) is 5.01. The van der Waals surface area contributed by atoms with Crippen LogP contribution in [0.2, 0.25) is 0 Å². The molecule has 0 unspecified atom stereocenters. The average Bonchev–Trinajstić information content (AvgIpc) is 2.77. The lowest BCUT2D eigenvalue weighted by atomic mass is 10.1. The molecule has 1 saturated heterocycles. The molecule has 1 heterocycles. The predicted molar refractivity (Wildman–Crippen MR) is 63.0 cm³/mol. The molecule has 90 valence electrons. The van der Waals surface area contributed by atoms with Crippen LogP contribution in [0.25, 0.3) is 0 Å². The molecular weight excluding hydrogens is 242 g/mol. The SMILES string of the molecule is O=C(O)[C@@H]1CSCN1C(=O)c1ccccc1O. The number of hydrogen-bond acceptors (Lipinski definition) is 4. The molecule has 0 spiro atoms. The Morgan fingerprint density at radius 3 is 2.71 bits per heavy atom. The van der Waals surface area contributed by atoms with Crippen LogP contribution in [0.4, 0.5) is 0 Å². The van der Waals surface area contributed by atoms with Gasteiger partial charge in [0.05, 0.1) is 11.4 Å². The molecule has 1 aliphatic rings. The Kier molecular flexibility index (Phi) is 3.23. The van der Waals surface area contributed by atoms with Crippen molar-refractivity contribution in [1.82, 2.24) is 4.90 Å². The van der Waals surface area contributed by atoms with E-state index in [2.05, 4.69) is 0 Å². The van der Waals surface area contributed by atoms with Crippen molar-refractivity contribution in [3.05, 3.63) is 29.8 Å². The third-order valence-electron chi connectivity index (χ3n) is 2.56. The van der Waals surface area contributed by atoms with E-state index < -0.39 is 17.9 Å². The number of nitrogens with zero attached hydrogens (tertiary/aromatic N) is 1. The van der Waals surface area contributed by atoms with Gasteiger partial charge in [0.25, 0.3) is 5.91 Å². The number of carboxylic acid groups (broad SMARTS) is 1. The molecule has 17 heavy (non-hydrogen) atoms. The Hall–Kier alpha value is -1.69. The molecule has 1 aromatic carbocycles. The van der Waals surface area contributed by atoms with Crippen LogP contribution >= 0.6 is 11.8 Å². The minimum atomic E-state index is -1.02. The van der Waals surface area contributed by atoms with E-state index in [-0.39, 0.29) is 11.3 Å². The van der Waals surface area contributed by atoms with Gasteiger partial charge in [0.15, 0.2) is 0 Å². The van der Waals surface area contributed by atoms with Gasteiger partial charge in [0.2, 0.25) is 0 Å². The van der Waals surface area contributed by atoms with Crippen molar-refractivity contribution >= 4 is 23.6 Å². The summed E-state index contributed by atoms with van der Waals surface area (Å²) in [5.74, 6) is -0.864. The summed E-state index contributed by atoms with van der Waals surface area (Å²) in [6.07, 6.45) is 0. The first kappa shape index (κ1) is 11.8. The van der Waals surface area contributed by atoms with Crippen molar-refractivity contribution in [2.45, 2.75) is 6.04 Å². The number of carbonyl (C=O) groups excluding carboxylic acids is 1. The number of rotatable bonds is 2. The number of phenols is 1. The van der Waals surface area contributed by atoms with Gasteiger partial charge in [-0.05, 0) is 12.1 Å². The second-order valence-corrected chi connectivity index (χ2v) is 4.65. The Morgan fingerprint density at radius 2 is 2.06 bits per heavy atom. The maximum absolute atomic E-state index is 12.1. The van der Waals surface area contributed by atoms with Crippen LogP contribution in [-0.4, -0.2) is 44.7 Å². The molecule has 1 aromatic rings. The van der Waals surface area contributed by atoms with Crippen LogP contribution in [-0.2, 0) is 4.79 Å². The molecule has 6 heteroatoms. The number of thioether (sulfide) groups is 1. The number of carboxylic acids is 1. The lowest BCUT2D eigenvalue weighted by Gasteiger charge is -2.20. The number of hydrogen-bond donors (Lipinski definition) is 2. The van der Waals surface area contributed by atoms with E-state index >= 15 is 0 Å². The maximum Gasteiger partial charge on any atom is 0.327 e. The Morgan fingerprint density at radius 1 is 1.35 bits per heavy atom. The number of benzene rings is 1. The van der Waals surface area contributed by atoms with E-state index in [1.807, 2.05) is 0 Å². The summed E-state index contributed by atoms with van der Waals surface area (Å²) in [6.45, 7) is 0. The summed E-state index contributed by atoms with van der Waals surface area (Å²) >= 11 is 1.39. The Labute approximate surface area is 102 Å². The van der Waals surface area contributed by atoms with E-state index in [9.17, 15) is 14.7 Å². The van der Waals surface area contributed by atoms with Gasteiger partial charge >= 0.3 is 5.97 Å². The zero-order valence-corrected chi connectivity index (χ0v) is 9.68. The lowest BCUT2D eigenvalue weighted by Crippen LogP contribution is -2.41. The number of amides is 1. The third-order valence-corrected chi connectivity index (χ3v) is 3.57. The summed E-state index contributed by atoms with van der Waals surface area (Å²) in [5.41, 5.74) is 0.140. The first-order valence-corrected chi connectivity index (χ1v) is 6.16. The van der Waals surface area contributed by atoms with E-state index in [1.54, 1.807) is 12.1 Å². The van der Waals surface area contributed by atoms with Gasteiger partial charge in [0, 0.05) is 5.75 Å². The highest BCUT2D eigenvalue weighted by Crippen LogP contribution is 2.26. The fourth-order valence-corrected chi connectivity index (χ4v) is 2.80. The monoisotopic (exact) mass is 253 g/mol. The Balaban J connectivity index is 2.26. The first-order chi connectivity index (χ1) is 8.11. The highest BCUT2D eigenvalue weighted by Gasteiger charge is 2.35. The zero-order valence-electron chi connectivity index (χ0n) is 8.87. The molecule has 5 nitrogen and oxygen atoms in total. The van der Waals surface area contributed by atoms with Crippen molar-refractivity contribution in [3.63, 3.8) is 0 Å². The van der Waals surface area contributed by atoms with Gasteiger partial charge in [-0.3, -0.25) is 4.79 Å². The number of aliphatic carboxylic acids is 1. The number of para-hydroxylation sites is 1. The molecule has 0 saturated carbocycles. The molecule has 0 radical (unpaired) electrons. The van der Waals surface area contributed by atoms with E-state index in [1.165, 1.54) is 28.8 Å². The van der Waals surface area contributed by atoms with Crippen LogP contribution in [0.3, 0.4) is 0 Å². The smallest absolute Gasteiger partial charge is 0.327 e. The molecule has 1 fully saturated rings. The van der Waals surface area contributed by atoms with Crippen molar-refractivity contribution in [2.24, 2.45) is 0 Å². The van der Waals surface area contributed by atoms with Crippen molar-refractivity contribution in [3.8, 4) is 5.75 Å². The average molecular weight is 253 g/mol. The van der Waals surface area contributed by atoms with Crippen molar-refractivity contribution in [2.75, 3.05) is 11.6 Å². The summed E-state index contributed by atoms with van der Waals surface area (Å²) in [7, 11) is 0. The van der Waals surface area contributed by atoms with Crippen molar-refractivity contribution in [1.29, 1.82) is 0 Å². The maximum atomic E-state index is 12.1. The molecule has 2 rings (SSSR count). The molecular formula is C11H11NO4S. The summed E-state index contributed by atoms with van der Waals surface area (Å²) < 4.78 is 0. The van der Waals surface area contributed by atoms with Crippen LogP contribution in [0.1, 0.15) is 10.4 Å². The second kappa shape index (κ2) is 4.67. The van der Waals surface area contributed by atoms with Crippen LogP contribution < -0.4 is 0 Å². The quantitative estimate of drug-likeness (QED) is 0.822. The minimum Gasteiger partial charge on any atom is -0.507 e. The van der Waals surface area contributed by atoms with Crippen LogP contribution in [0.15, 0.2) is 24.3 Å². The van der Waals surface area contributed by atoms with Gasteiger partial charge < -0.3 is 15.1 Å². The van der Waals surface area contributed by atoms with Gasteiger partial charge in [-0.2, -0.15) is 0 Å². The van der Waals surface area contributed by atoms with Crippen LogP contribution in [0, 0.1) is 0 Å². The second-order valence-electron chi connectivity index (χ2n) is 3.65. The summed E-state index contributed by atoms with van der Waals surface area (Å²) in [4.78, 5) is 24.3. The molecule has 1 aliphatic heterocycles. The Bertz CT molecular complexity index is 463. The fourth-order valence-electron chi connectivity index (χ4n) is 1.66. The predicted octanol–water partition coefficient (Wildman–Crippen LogP) is 0.992. The van der Waals surface area contributed by atoms with Gasteiger partial charge in [-0.25, -0.2) is 4.79 Å². The standard InChI is InChI=1S/C11H11NO4S/c13-9-4-2-1-3-7(9)10(14)12-6-17-5-8(12)11(15)16/h1-4,8,13H,5-6H2,(H,15,16)/t8-/m0/s1. The third kappa shape index (κ3) is 2.21. The van der Waals surface area contributed by atoms with Crippen molar-refractivity contribution < 1.29 is 19.8 Å². The normalized spacial score (nSPS) is 19.3. The highest BCUT2D eigenvalue weighted by molar-refractivity contribution is 7.99. The molecule has 0 bridgehead atoms. The molecule has 1 amide bonds. The molecule has 2 N–H and O–H groups in total. The minimum absolute atomic E-state index is 0.126. The van der Waals surface area contributed by atoms with E-state index in [0.29, 0.717) is 11.6 Å². The molecule has 1 atom stereocenters. The lowest BCUT2D eigenvalue weighted by molar-refractivity contribution is -0.140. The zero-order chi connectivity index (χ0) is 12.4. The molecule has 0 aliphatic carbocycles. The topological polar surface area (TPSA) is 77.8 Å². The fraction of sp³-hybridized carbons (Fsp3) is 0.273. The van der Waals surface area contributed by atoms with Gasteiger partial charge in [0.1, 0.15) is 11.8 Å². The molecule has 0 aromatic heterocycles. The van der Waals surface area contributed by atoms with Crippen LogP contribution in [0.5, 0.6) is 5.75 Å². The number of aromatic hydroxyl groups is 1. The highest BCUT2D eigenvalue weighted by atomic mass is 32.2. The van der Waals surface area contributed by atoms with E-state index in [0.717, 1.165) is 0 Å². The van der Waals surface area contributed by atoms with Gasteiger partial charge in [-0.15, -0.1) is 11.8 Å².